The number of para-hydroxylation sites is 1. The van der Waals surface area contributed by atoms with E-state index in [1.54, 1.807) is 11.0 Å². The first-order chi connectivity index (χ1) is 10.1. The van der Waals surface area contributed by atoms with Crippen LogP contribution in [-0.2, 0) is 0 Å². The lowest BCUT2D eigenvalue weighted by atomic mass is 9.74. The van der Waals surface area contributed by atoms with Gasteiger partial charge >= 0.3 is 0 Å². The molecule has 1 aliphatic rings. The number of carbonyl (C=O) groups is 1. The summed E-state index contributed by atoms with van der Waals surface area (Å²) in [7, 11) is 0. The third kappa shape index (κ3) is 3.02. The molecule has 1 saturated heterocycles. The number of benzene rings is 1. The lowest BCUT2D eigenvalue weighted by molar-refractivity contribution is 0.0558. The Morgan fingerprint density at radius 2 is 1.95 bits per heavy atom. The van der Waals surface area contributed by atoms with Crippen LogP contribution in [0.15, 0.2) is 18.2 Å². The summed E-state index contributed by atoms with van der Waals surface area (Å²) < 4.78 is 13.7. The van der Waals surface area contributed by atoms with Gasteiger partial charge in [-0.25, -0.2) is 4.39 Å². The molecule has 1 amide bonds. The van der Waals surface area contributed by atoms with Crippen LogP contribution >= 0.6 is 0 Å². The van der Waals surface area contributed by atoms with E-state index in [9.17, 15) is 9.18 Å². The molecule has 1 heterocycles. The lowest BCUT2D eigenvalue weighted by Gasteiger charge is -2.41. The van der Waals surface area contributed by atoms with Gasteiger partial charge in [0.25, 0.3) is 5.91 Å². The molecule has 1 aromatic rings. The van der Waals surface area contributed by atoms with Crippen molar-refractivity contribution < 1.29 is 9.18 Å². The number of nitrogens with one attached hydrogen (secondary N) is 1. The Hall–Kier alpha value is -1.62. The van der Waals surface area contributed by atoms with Gasteiger partial charge < -0.3 is 10.3 Å². The number of hydrogen-bond donors (Lipinski definition) is 2. The first kappa shape index (κ1) is 15.8. The maximum absolute atomic E-state index is 13.7. The normalized spacial score (nSPS) is 17.6. The van der Waals surface area contributed by atoms with Crippen molar-refractivity contribution in [1.82, 2.24) is 4.90 Å². The maximum atomic E-state index is 13.7. The predicted octanol–water partition coefficient (Wildman–Crippen LogP) is 3.15. The van der Waals surface area contributed by atoms with E-state index in [2.05, 4.69) is 19.3 Å². The predicted molar refractivity (Wildman–Crippen MR) is 82.4 cm³/mol. The highest BCUT2D eigenvalue weighted by atomic mass is 19.1. The van der Waals surface area contributed by atoms with Crippen molar-refractivity contribution in [2.24, 2.45) is 11.3 Å². The molecule has 5 heteroatoms. The van der Waals surface area contributed by atoms with Crippen LogP contribution in [0.5, 0.6) is 0 Å². The Morgan fingerprint density at radius 3 is 2.48 bits per heavy atom. The molecule has 21 heavy (non-hydrogen) atoms. The second-order valence-electron chi connectivity index (χ2n) is 5.81. The van der Waals surface area contributed by atoms with E-state index < -0.39 is 5.82 Å². The summed E-state index contributed by atoms with van der Waals surface area (Å²) >= 11 is 0. The van der Waals surface area contributed by atoms with Gasteiger partial charge in [0.15, 0.2) is 0 Å². The van der Waals surface area contributed by atoms with E-state index in [-0.39, 0.29) is 11.6 Å². The SMILES string of the molecule is CCC1(CC)CCN(C(=O)c2cccc(F)c2NN)CC1. The van der Waals surface area contributed by atoms with Gasteiger partial charge in [-0.15, -0.1) is 0 Å². The number of anilines is 1. The van der Waals surface area contributed by atoms with Gasteiger partial charge in [-0.3, -0.25) is 10.6 Å². The van der Waals surface area contributed by atoms with Gasteiger partial charge in [-0.1, -0.05) is 32.8 Å². The summed E-state index contributed by atoms with van der Waals surface area (Å²) in [6.45, 7) is 5.87. The van der Waals surface area contributed by atoms with Gasteiger partial charge in [0, 0.05) is 13.1 Å². The van der Waals surface area contributed by atoms with Crippen LogP contribution in [-0.4, -0.2) is 23.9 Å². The zero-order valence-electron chi connectivity index (χ0n) is 12.8. The zero-order chi connectivity index (χ0) is 15.5. The summed E-state index contributed by atoms with van der Waals surface area (Å²) in [5, 5.41) is 0. The van der Waals surface area contributed by atoms with Gasteiger partial charge in [-0.05, 0) is 30.4 Å². The molecule has 0 aliphatic carbocycles. The van der Waals surface area contributed by atoms with Crippen molar-refractivity contribution in [1.29, 1.82) is 0 Å². The Balaban J connectivity index is 2.14. The molecule has 2 rings (SSSR count). The summed E-state index contributed by atoms with van der Waals surface area (Å²) in [6, 6.07) is 4.44. The van der Waals surface area contributed by atoms with Crippen molar-refractivity contribution in [2.75, 3.05) is 18.5 Å². The molecule has 0 bridgehead atoms. The molecule has 0 spiro atoms. The highest BCUT2D eigenvalue weighted by Crippen LogP contribution is 2.38. The van der Waals surface area contributed by atoms with Crippen LogP contribution in [0, 0.1) is 11.2 Å². The number of hydrazine groups is 1. The van der Waals surface area contributed by atoms with E-state index in [1.165, 1.54) is 12.1 Å². The molecule has 4 nitrogen and oxygen atoms in total. The number of piperidine rings is 1. The molecule has 3 N–H and O–H groups in total. The Labute approximate surface area is 125 Å². The van der Waals surface area contributed by atoms with E-state index in [1.807, 2.05) is 0 Å². The zero-order valence-corrected chi connectivity index (χ0v) is 12.8. The molecule has 0 unspecified atom stereocenters. The quantitative estimate of drug-likeness (QED) is 0.662. The minimum absolute atomic E-state index is 0.0744. The fourth-order valence-electron chi connectivity index (χ4n) is 3.16. The van der Waals surface area contributed by atoms with Gasteiger partial charge in [0.1, 0.15) is 5.82 Å². The molecule has 0 atom stereocenters. The number of carbonyl (C=O) groups excluding carboxylic acids is 1. The number of amides is 1. The minimum atomic E-state index is -0.503. The first-order valence-electron chi connectivity index (χ1n) is 7.61. The third-order valence-corrected chi connectivity index (χ3v) is 5.00. The minimum Gasteiger partial charge on any atom is -0.339 e. The number of halogens is 1. The highest BCUT2D eigenvalue weighted by molar-refractivity contribution is 5.99. The van der Waals surface area contributed by atoms with Gasteiger partial charge in [0.05, 0.1) is 11.3 Å². The van der Waals surface area contributed by atoms with Crippen LogP contribution in [0.2, 0.25) is 0 Å². The van der Waals surface area contributed by atoms with Crippen LogP contribution < -0.4 is 11.3 Å². The summed E-state index contributed by atoms with van der Waals surface area (Å²) in [5.74, 6) is 4.69. The average molecular weight is 293 g/mol. The van der Waals surface area contributed by atoms with Gasteiger partial charge in [-0.2, -0.15) is 0 Å². The summed E-state index contributed by atoms with van der Waals surface area (Å²) in [6.07, 6.45) is 4.29. The summed E-state index contributed by atoms with van der Waals surface area (Å²) in [5.41, 5.74) is 3.03. The van der Waals surface area contributed by atoms with Gasteiger partial charge in [0.2, 0.25) is 0 Å². The number of nitrogen functional groups attached to an aromatic ring is 1. The number of nitrogens with two attached hydrogens (primary N) is 1. The fourth-order valence-corrected chi connectivity index (χ4v) is 3.16. The van der Waals surface area contributed by atoms with Crippen LogP contribution in [0.25, 0.3) is 0 Å². The maximum Gasteiger partial charge on any atom is 0.256 e. The fraction of sp³-hybridized carbons (Fsp3) is 0.562. The smallest absolute Gasteiger partial charge is 0.256 e. The standard InChI is InChI=1S/C16H24FN3O/c1-3-16(4-2)8-10-20(11-9-16)15(21)12-6-5-7-13(17)14(12)19-18/h5-7,19H,3-4,8-11,18H2,1-2H3. The molecule has 0 radical (unpaired) electrons. The average Bonchev–Trinajstić information content (AvgIpc) is 2.54. The highest BCUT2D eigenvalue weighted by Gasteiger charge is 2.33. The van der Waals surface area contributed by atoms with Crippen molar-refractivity contribution in [3.63, 3.8) is 0 Å². The van der Waals surface area contributed by atoms with Crippen molar-refractivity contribution in [2.45, 2.75) is 39.5 Å². The van der Waals surface area contributed by atoms with Crippen LogP contribution in [0.3, 0.4) is 0 Å². The molecule has 116 valence electrons. The third-order valence-electron chi connectivity index (χ3n) is 5.00. The number of nitrogens with zero attached hydrogens (tertiary/aromatic N) is 1. The molecular formula is C16H24FN3O. The molecule has 1 fully saturated rings. The Kier molecular flexibility index (Phi) is 4.83. The second kappa shape index (κ2) is 6.43. The van der Waals surface area contributed by atoms with E-state index in [0.29, 0.717) is 11.0 Å². The lowest BCUT2D eigenvalue weighted by Crippen LogP contribution is -2.43. The van der Waals surface area contributed by atoms with Crippen molar-refractivity contribution in [3.8, 4) is 0 Å². The Morgan fingerprint density at radius 1 is 1.33 bits per heavy atom. The Bertz CT molecular complexity index is 504. The largest absolute Gasteiger partial charge is 0.339 e. The number of hydrogen-bond acceptors (Lipinski definition) is 3. The van der Waals surface area contributed by atoms with Crippen molar-refractivity contribution >= 4 is 11.6 Å². The molecule has 1 aliphatic heterocycles. The molecular weight excluding hydrogens is 269 g/mol. The summed E-state index contributed by atoms with van der Waals surface area (Å²) in [4.78, 5) is 14.4. The molecule has 0 aromatic heterocycles. The van der Waals surface area contributed by atoms with E-state index in [0.717, 1.165) is 38.8 Å². The second-order valence-corrected chi connectivity index (χ2v) is 5.81. The van der Waals surface area contributed by atoms with Crippen molar-refractivity contribution in [3.05, 3.63) is 29.6 Å². The van der Waals surface area contributed by atoms with E-state index in [4.69, 9.17) is 5.84 Å². The van der Waals surface area contributed by atoms with Crippen LogP contribution in [0.4, 0.5) is 10.1 Å². The molecule has 1 aromatic carbocycles. The van der Waals surface area contributed by atoms with Crippen LogP contribution in [0.1, 0.15) is 49.9 Å². The van der Waals surface area contributed by atoms with E-state index >= 15 is 0 Å². The number of likely N-dealkylation sites (tertiary alicyclic amines) is 1. The monoisotopic (exact) mass is 293 g/mol. The molecule has 0 saturated carbocycles. The first-order valence-corrected chi connectivity index (χ1v) is 7.61. The number of rotatable bonds is 4. The topological polar surface area (TPSA) is 58.4 Å².